The largest absolute Gasteiger partial charge is 0.388 e. The van der Waals surface area contributed by atoms with Crippen LogP contribution in [0.2, 0.25) is 5.02 Å². The third-order valence-electron chi connectivity index (χ3n) is 4.00. The minimum absolute atomic E-state index is 0.0436. The molecule has 0 aromatic carbocycles. The molecule has 0 spiro atoms. The second-order valence-electron chi connectivity index (χ2n) is 6.07. The molecule has 6 nitrogen and oxygen atoms in total. The highest BCUT2D eigenvalue weighted by atomic mass is 35.5. The lowest BCUT2D eigenvalue weighted by Crippen LogP contribution is -2.50. The summed E-state index contributed by atoms with van der Waals surface area (Å²) in [7, 11) is 5.27. The Morgan fingerprint density at radius 3 is 2.86 bits per heavy atom. The lowest BCUT2D eigenvalue weighted by atomic mass is 9.89. The van der Waals surface area contributed by atoms with Crippen LogP contribution in [0.15, 0.2) is 6.20 Å². The molecule has 21 heavy (non-hydrogen) atoms. The zero-order chi connectivity index (χ0) is 15.6. The highest BCUT2D eigenvalue weighted by Gasteiger charge is 2.36. The van der Waals surface area contributed by atoms with E-state index >= 15 is 0 Å². The number of likely N-dealkylation sites (tertiary alicyclic amines) is 1. The number of carbonyl (C=O) groups excluding carboxylic acids is 1. The van der Waals surface area contributed by atoms with Crippen molar-refractivity contribution in [1.82, 2.24) is 19.6 Å². The number of halogens is 1. The van der Waals surface area contributed by atoms with Gasteiger partial charge in [-0.05, 0) is 19.4 Å². The number of aryl methyl sites for hydroxylation is 1. The van der Waals surface area contributed by atoms with E-state index in [9.17, 15) is 9.90 Å². The third-order valence-corrected chi connectivity index (χ3v) is 4.31. The van der Waals surface area contributed by atoms with E-state index < -0.39 is 5.60 Å². The molecule has 0 radical (unpaired) electrons. The van der Waals surface area contributed by atoms with Crippen LogP contribution in [0.1, 0.15) is 25.0 Å². The van der Waals surface area contributed by atoms with Gasteiger partial charge in [-0.3, -0.25) is 14.4 Å². The van der Waals surface area contributed by atoms with Crippen LogP contribution in [0.3, 0.4) is 0 Å². The average Bonchev–Trinajstić information content (AvgIpc) is 2.70. The van der Waals surface area contributed by atoms with Crippen LogP contribution in [0.4, 0.5) is 0 Å². The van der Waals surface area contributed by atoms with Gasteiger partial charge in [-0.25, -0.2) is 0 Å². The molecule has 1 unspecified atom stereocenters. The third kappa shape index (κ3) is 3.96. The van der Waals surface area contributed by atoms with E-state index in [4.69, 9.17) is 11.6 Å². The number of β-amino-alcohol motifs (C(OH)–C–C–N with tert-alkyl or cyclic N) is 1. The molecule has 1 atom stereocenters. The van der Waals surface area contributed by atoms with E-state index in [-0.39, 0.29) is 12.3 Å². The summed E-state index contributed by atoms with van der Waals surface area (Å²) in [5.74, 6) is -0.0436. The van der Waals surface area contributed by atoms with Crippen molar-refractivity contribution in [1.29, 1.82) is 0 Å². The maximum Gasteiger partial charge on any atom is 0.224 e. The van der Waals surface area contributed by atoms with Crippen LogP contribution >= 0.6 is 11.6 Å². The minimum Gasteiger partial charge on any atom is -0.388 e. The highest BCUT2D eigenvalue weighted by Crippen LogP contribution is 2.27. The summed E-state index contributed by atoms with van der Waals surface area (Å²) in [5, 5.41) is 15.4. The molecule has 1 aliphatic rings. The Hall–Kier alpha value is -1.11. The van der Waals surface area contributed by atoms with E-state index in [1.54, 1.807) is 25.0 Å². The zero-order valence-corrected chi connectivity index (χ0v) is 13.6. The smallest absolute Gasteiger partial charge is 0.224 e. The first-order valence-electron chi connectivity index (χ1n) is 7.12. The van der Waals surface area contributed by atoms with Gasteiger partial charge in [0.2, 0.25) is 5.91 Å². The van der Waals surface area contributed by atoms with Crippen LogP contribution in [0.5, 0.6) is 0 Å². The number of piperidine rings is 1. The maximum absolute atomic E-state index is 11.9. The molecule has 0 aliphatic carbocycles. The van der Waals surface area contributed by atoms with Crippen molar-refractivity contribution >= 4 is 17.5 Å². The number of amides is 1. The van der Waals surface area contributed by atoms with Crippen molar-refractivity contribution in [3.8, 4) is 0 Å². The molecule has 1 aromatic rings. The first kappa shape index (κ1) is 16.3. The van der Waals surface area contributed by atoms with Gasteiger partial charge in [0.15, 0.2) is 0 Å². The normalized spacial score (nSPS) is 23.3. The molecule has 0 bridgehead atoms. The number of hydrogen-bond donors (Lipinski definition) is 1. The van der Waals surface area contributed by atoms with Gasteiger partial charge in [-0.15, -0.1) is 0 Å². The monoisotopic (exact) mass is 314 g/mol. The molecule has 1 fully saturated rings. The summed E-state index contributed by atoms with van der Waals surface area (Å²) in [6.07, 6.45) is 3.31. The lowest BCUT2D eigenvalue weighted by molar-refractivity contribution is -0.136. The number of hydrogen-bond acceptors (Lipinski definition) is 4. The first-order valence-corrected chi connectivity index (χ1v) is 7.50. The molecule has 2 rings (SSSR count). The lowest BCUT2D eigenvalue weighted by Gasteiger charge is -2.39. The number of aromatic nitrogens is 2. The maximum atomic E-state index is 11.9. The van der Waals surface area contributed by atoms with Gasteiger partial charge in [-0.1, -0.05) is 11.6 Å². The molecular weight excluding hydrogens is 292 g/mol. The SMILES string of the molecule is CN(C)C(=O)CC1(O)CCCN(Cc2c(Cl)cnn2C)C1. The molecular formula is C14H23ClN4O2. The van der Waals surface area contributed by atoms with Crippen molar-refractivity contribution in [3.05, 3.63) is 16.9 Å². The van der Waals surface area contributed by atoms with Gasteiger partial charge in [0, 0.05) is 34.2 Å². The fourth-order valence-electron chi connectivity index (χ4n) is 2.75. The van der Waals surface area contributed by atoms with Crippen molar-refractivity contribution < 1.29 is 9.90 Å². The predicted molar refractivity (Wildman–Crippen MR) is 81.0 cm³/mol. The second kappa shape index (κ2) is 6.34. The Bertz CT molecular complexity index is 498. The molecule has 0 saturated carbocycles. The summed E-state index contributed by atoms with van der Waals surface area (Å²) in [5.41, 5.74) is -0.0233. The highest BCUT2D eigenvalue weighted by molar-refractivity contribution is 6.31. The van der Waals surface area contributed by atoms with Gasteiger partial charge < -0.3 is 10.0 Å². The predicted octanol–water partition coefficient (Wildman–Crippen LogP) is 0.879. The Labute approximate surface area is 130 Å². The molecule has 1 N–H and O–H groups in total. The van der Waals surface area contributed by atoms with E-state index in [0.717, 1.165) is 18.7 Å². The van der Waals surface area contributed by atoms with Gasteiger partial charge in [0.05, 0.1) is 28.9 Å². The van der Waals surface area contributed by atoms with Crippen LogP contribution < -0.4 is 0 Å². The summed E-state index contributed by atoms with van der Waals surface area (Å²) >= 11 is 6.13. The first-order chi connectivity index (χ1) is 9.81. The fraction of sp³-hybridized carbons (Fsp3) is 0.714. The summed E-state index contributed by atoms with van der Waals surface area (Å²) in [6.45, 7) is 2.00. The number of carbonyl (C=O) groups is 1. The van der Waals surface area contributed by atoms with E-state index in [2.05, 4.69) is 10.00 Å². The standard InChI is InChI=1S/C14H23ClN4O2/c1-17(2)13(20)7-14(21)5-4-6-19(10-14)9-12-11(15)8-16-18(12)3/h8,21H,4-7,9-10H2,1-3H3. The minimum atomic E-state index is -0.954. The molecule has 7 heteroatoms. The molecule has 1 aliphatic heterocycles. The van der Waals surface area contributed by atoms with Crippen molar-refractivity contribution in [2.45, 2.75) is 31.4 Å². The van der Waals surface area contributed by atoms with Gasteiger partial charge in [0.25, 0.3) is 0 Å². The van der Waals surface area contributed by atoms with Gasteiger partial charge >= 0.3 is 0 Å². The second-order valence-corrected chi connectivity index (χ2v) is 6.47. The topological polar surface area (TPSA) is 61.6 Å². The van der Waals surface area contributed by atoms with Gasteiger partial charge in [-0.2, -0.15) is 5.10 Å². The number of nitrogens with zero attached hydrogens (tertiary/aromatic N) is 4. The number of aliphatic hydroxyl groups is 1. The molecule has 2 heterocycles. The Morgan fingerprint density at radius 2 is 2.29 bits per heavy atom. The summed E-state index contributed by atoms with van der Waals surface area (Å²) < 4.78 is 1.75. The zero-order valence-electron chi connectivity index (χ0n) is 12.8. The molecule has 1 amide bonds. The van der Waals surface area contributed by atoms with E-state index in [0.29, 0.717) is 24.5 Å². The summed E-state index contributed by atoms with van der Waals surface area (Å²) in [4.78, 5) is 15.5. The van der Waals surface area contributed by atoms with Crippen LogP contribution in [-0.4, -0.2) is 63.4 Å². The number of rotatable bonds is 4. The van der Waals surface area contributed by atoms with Crippen LogP contribution in [0, 0.1) is 0 Å². The average molecular weight is 315 g/mol. The fourth-order valence-corrected chi connectivity index (χ4v) is 2.98. The van der Waals surface area contributed by atoms with Crippen LogP contribution in [-0.2, 0) is 18.4 Å². The van der Waals surface area contributed by atoms with Crippen molar-refractivity contribution in [2.75, 3.05) is 27.2 Å². The summed E-state index contributed by atoms with van der Waals surface area (Å²) in [6, 6.07) is 0. The van der Waals surface area contributed by atoms with Gasteiger partial charge in [0.1, 0.15) is 0 Å². The van der Waals surface area contributed by atoms with Crippen molar-refractivity contribution in [2.24, 2.45) is 7.05 Å². The Morgan fingerprint density at radius 1 is 1.57 bits per heavy atom. The molecule has 1 aromatic heterocycles. The Balaban J connectivity index is 2.02. The van der Waals surface area contributed by atoms with E-state index in [1.807, 2.05) is 7.05 Å². The van der Waals surface area contributed by atoms with Crippen molar-refractivity contribution in [3.63, 3.8) is 0 Å². The molecule has 1 saturated heterocycles. The quantitative estimate of drug-likeness (QED) is 0.896. The Kier molecular flexibility index (Phi) is 4.91. The molecule has 118 valence electrons. The van der Waals surface area contributed by atoms with E-state index in [1.165, 1.54) is 4.90 Å². The van der Waals surface area contributed by atoms with Crippen LogP contribution in [0.25, 0.3) is 0 Å².